The normalized spacial score (nSPS) is 12.4. The van der Waals surface area contributed by atoms with E-state index < -0.39 is 0 Å². The van der Waals surface area contributed by atoms with Gasteiger partial charge in [-0.1, -0.05) is 33.8 Å². The first-order valence-corrected chi connectivity index (χ1v) is 10.5. The summed E-state index contributed by atoms with van der Waals surface area (Å²) in [6.45, 7) is 13.7. The van der Waals surface area contributed by atoms with Gasteiger partial charge >= 0.3 is 0 Å². The summed E-state index contributed by atoms with van der Waals surface area (Å²) in [5.41, 5.74) is 1.52. The van der Waals surface area contributed by atoms with E-state index in [1.54, 1.807) is 17.4 Å². The summed E-state index contributed by atoms with van der Waals surface area (Å²) in [4.78, 5) is 19.4. The Hall–Kier alpha value is -1.92. The van der Waals surface area contributed by atoms with Crippen molar-refractivity contribution in [1.29, 1.82) is 0 Å². The highest BCUT2D eigenvalue weighted by atomic mass is 32.1. The molecule has 0 aliphatic rings. The second kappa shape index (κ2) is 10.4. The molecule has 0 saturated heterocycles. The van der Waals surface area contributed by atoms with Crippen molar-refractivity contribution in [3.8, 4) is 5.75 Å². The first-order valence-electron chi connectivity index (χ1n) is 9.60. The Morgan fingerprint density at radius 1 is 1.30 bits per heavy atom. The maximum Gasteiger partial charge on any atom is 0.251 e. The fraction of sp³-hybridized carbons (Fsp3) is 0.524. The maximum atomic E-state index is 12.6. The number of rotatable bonds is 10. The van der Waals surface area contributed by atoms with Crippen LogP contribution in [0, 0.1) is 12.8 Å². The van der Waals surface area contributed by atoms with Gasteiger partial charge in [0, 0.05) is 23.5 Å². The van der Waals surface area contributed by atoms with Crippen molar-refractivity contribution in [2.45, 2.75) is 47.3 Å². The molecule has 2 rings (SSSR count). The lowest BCUT2D eigenvalue weighted by Crippen LogP contribution is -2.46. The first kappa shape index (κ1) is 21.4. The van der Waals surface area contributed by atoms with E-state index >= 15 is 0 Å². The molecule has 0 aliphatic heterocycles. The summed E-state index contributed by atoms with van der Waals surface area (Å²) < 4.78 is 5.79. The molecule has 0 spiro atoms. The molecule has 1 aromatic heterocycles. The zero-order chi connectivity index (χ0) is 19.8. The quantitative estimate of drug-likeness (QED) is 0.664. The monoisotopic (exact) mass is 389 g/mol. The van der Waals surface area contributed by atoms with Gasteiger partial charge in [0.2, 0.25) is 0 Å². The number of likely N-dealkylation sites (N-methyl/N-ethyl adjacent to an activating group) is 1. The second-order valence-electron chi connectivity index (χ2n) is 6.92. The van der Waals surface area contributed by atoms with Crippen LogP contribution in [0.5, 0.6) is 5.75 Å². The number of carbonyl (C=O) groups is 1. The highest BCUT2D eigenvalue weighted by Gasteiger charge is 2.20. The van der Waals surface area contributed by atoms with Gasteiger partial charge in [-0.25, -0.2) is 4.98 Å². The number of ether oxygens (including phenoxy) is 1. The molecule has 1 amide bonds. The Kier molecular flexibility index (Phi) is 8.25. The topological polar surface area (TPSA) is 54.5 Å². The summed E-state index contributed by atoms with van der Waals surface area (Å²) in [7, 11) is 0. The van der Waals surface area contributed by atoms with E-state index in [4.69, 9.17) is 4.74 Å². The van der Waals surface area contributed by atoms with Crippen LogP contribution >= 0.6 is 11.3 Å². The van der Waals surface area contributed by atoms with E-state index in [0.29, 0.717) is 36.4 Å². The molecule has 0 radical (unpaired) electrons. The first-order chi connectivity index (χ1) is 12.9. The van der Waals surface area contributed by atoms with Crippen molar-refractivity contribution in [2.24, 2.45) is 5.92 Å². The minimum absolute atomic E-state index is 0.0669. The van der Waals surface area contributed by atoms with E-state index in [9.17, 15) is 4.79 Å². The van der Waals surface area contributed by atoms with Gasteiger partial charge in [0.1, 0.15) is 12.4 Å². The number of hydrogen-bond acceptors (Lipinski definition) is 5. The molecule has 0 bridgehead atoms. The zero-order valence-corrected chi connectivity index (χ0v) is 17.8. The van der Waals surface area contributed by atoms with Gasteiger partial charge in [0.15, 0.2) is 0 Å². The number of thiazole rings is 1. The van der Waals surface area contributed by atoms with Crippen LogP contribution in [0.15, 0.2) is 29.6 Å². The summed E-state index contributed by atoms with van der Waals surface area (Å²) in [5, 5.41) is 6.10. The molecular formula is C21H31N3O2S. The SMILES string of the molecule is CCN(CC)C(CNC(=O)c1cccc(OCc2csc(C)n2)c1)C(C)C. The van der Waals surface area contributed by atoms with E-state index in [-0.39, 0.29) is 5.91 Å². The molecule has 1 heterocycles. The van der Waals surface area contributed by atoms with Crippen molar-refractivity contribution in [2.75, 3.05) is 19.6 Å². The van der Waals surface area contributed by atoms with Gasteiger partial charge in [0.05, 0.1) is 10.7 Å². The van der Waals surface area contributed by atoms with Crippen LogP contribution in [0.4, 0.5) is 0 Å². The van der Waals surface area contributed by atoms with Crippen molar-refractivity contribution in [3.05, 3.63) is 45.9 Å². The molecule has 6 heteroatoms. The van der Waals surface area contributed by atoms with Crippen molar-refractivity contribution in [1.82, 2.24) is 15.2 Å². The lowest BCUT2D eigenvalue weighted by Gasteiger charge is -2.32. The van der Waals surface area contributed by atoms with Crippen LogP contribution in [0.1, 0.15) is 48.8 Å². The number of hydrogen-bond donors (Lipinski definition) is 1. The molecule has 0 fully saturated rings. The zero-order valence-electron chi connectivity index (χ0n) is 17.0. The predicted octanol–water partition coefficient (Wildman–Crippen LogP) is 4.13. The predicted molar refractivity (Wildman–Crippen MR) is 112 cm³/mol. The third-order valence-corrected chi connectivity index (χ3v) is 5.49. The van der Waals surface area contributed by atoms with E-state index in [1.165, 1.54) is 0 Å². The number of carbonyl (C=O) groups excluding carboxylic acids is 1. The smallest absolute Gasteiger partial charge is 0.251 e. The lowest BCUT2D eigenvalue weighted by molar-refractivity contribution is 0.0920. The molecule has 2 aromatic rings. The summed E-state index contributed by atoms with van der Waals surface area (Å²) in [6, 6.07) is 7.65. The average Bonchev–Trinajstić information content (AvgIpc) is 3.08. The van der Waals surface area contributed by atoms with Crippen LogP contribution in [-0.2, 0) is 6.61 Å². The fourth-order valence-electron chi connectivity index (χ4n) is 3.14. The summed E-state index contributed by atoms with van der Waals surface area (Å²) >= 11 is 1.61. The Bertz CT molecular complexity index is 726. The summed E-state index contributed by atoms with van der Waals surface area (Å²) in [5.74, 6) is 1.08. The van der Waals surface area contributed by atoms with Crippen LogP contribution in [0.25, 0.3) is 0 Å². The van der Waals surface area contributed by atoms with Gasteiger partial charge in [0.25, 0.3) is 5.91 Å². The summed E-state index contributed by atoms with van der Waals surface area (Å²) in [6.07, 6.45) is 0. The van der Waals surface area contributed by atoms with Crippen molar-refractivity contribution in [3.63, 3.8) is 0 Å². The lowest BCUT2D eigenvalue weighted by atomic mass is 10.0. The maximum absolute atomic E-state index is 12.6. The number of nitrogens with zero attached hydrogens (tertiary/aromatic N) is 2. The van der Waals surface area contributed by atoms with Crippen LogP contribution in [-0.4, -0.2) is 41.5 Å². The highest BCUT2D eigenvalue weighted by molar-refractivity contribution is 7.09. The molecule has 1 unspecified atom stereocenters. The third kappa shape index (κ3) is 6.33. The second-order valence-corrected chi connectivity index (χ2v) is 7.98. The molecule has 0 aliphatic carbocycles. The van der Waals surface area contributed by atoms with Gasteiger partial charge in [-0.3, -0.25) is 9.69 Å². The number of amides is 1. The highest BCUT2D eigenvalue weighted by Crippen LogP contribution is 2.17. The van der Waals surface area contributed by atoms with Gasteiger partial charge in [-0.15, -0.1) is 11.3 Å². The molecule has 0 saturated carbocycles. The molecule has 1 atom stereocenters. The van der Waals surface area contributed by atoms with Crippen molar-refractivity contribution >= 4 is 17.2 Å². The van der Waals surface area contributed by atoms with E-state index in [1.807, 2.05) is 30.5 Å². The molecule has 1 aromatic carbocycles. The Morgan fingerprint density at radius 3 is 2.63 bits per heavy atom. The van der Waals surface area contributed by atoms with Crippen LogP contribution < -0.4 is 10.1 Å². The standard InChI is InChI=1S/C21H31N3O2S/c1-6-24(7-2)20(15(3)4)12-22-21(25)17-9-8-10-19(11-17)26-13-18-14-27-16(5)23-18/h8-11,14-15,20H,6-7,12-13H2,1-5H3,(H,22,25). The van der Waals surface area contributed by atoms with Gasteiger partial charge < -0.3 is 10.1 Å². The minimum Gasteiger partial charge on any atom is -0.487 e. The van der Waals surface area contributed by atoms with Crippen LogP contribution in [0.2, 0.25) is 0 Å². The average molecular weight is 390 g/mol. The Balaban J connectivity index is 1.95. The Labute approximate surface area is 166 Å². The largest absolute Gasteiger partial charge is 0.487 e. The minimum atomic E-state index is -0.0669. The number of aryl methyl sites for hydroxylation is 1. The molecular weight excluding hydrogens is 358 g/mol. The number of aromatic nitrogens is 1. The van der Waals surface area contributed by atoms with E-state index in [2.05, 4.69) is 42.9 Å². The fourth-order valence-corrected chi connectivity index (χ4v) is 3.73. The van der Waals surface area contributed by atoms with Crippen molar-refractivity contribution < 1.29 is 9.53 Å². The Morgan fingerprint density at radius 2 is 2.04 bits per heavy atom. The molecule has 148 valence electrons. The molecule has 1 N–H and O–H groups in total. The molecule has 5 nitrogen and oxygen atoms in total. The molecule has 27 heavy (non-hydrogen) atoms. The number of benzene rings is 1. The van der Waals surface area contributed by atoms with Gasteiger partial charge in [-0.2, -0.15) is 0 Å². The van der Waals surface area contributed by atoms with Gasteiger partial charge in [-0.05, 0) is 44.1 Å². The number of nitrogens with one attached hydrogen (secondary N) is 1. The van der Waals surface area contributed by atoms with E-state index in [0.717, 1.165) is 23.8 Å². The third-order valence-electron chi connectivity index (χ3n) is 4.67. The van der Waals surface area contributed by atoms with Crippen LogP contribution in [0.3, 0.4) is 0 Å².